The largest absolute Gasteiger partial charge is 0.338 e. The molecule has 0 aromatic carbocycles. The number of alkyl halides is 2. The van der Waals surface area contributed by atoms with Crippen LogP contribution < -0.4 is 0 Å². The Morgan fingerprint density at radius 2 is 2.05 bits per heavy atom. The first-order valence-corrected chi connectivity index (χ1v) is 7.33. The van der Waals surface area contributed by atoms with E-state index in [9.17, 15) is 13.6 Å². The molecule has 2 fully saturated rings. The standard InChI is InChI=1S/C14H15F2NOS/c15-14(16)10-3-4-11(14)9-17(8-10)13(18)6-5-12-2-1-7-19-12/h1-2,5-7,10-11H,3-4,8-9H2/b6-5+. The van der Waals surface area contributed by atoms with Gasteiger partial charge in [-0.25, -0.2) is 8.78 Å². The molecular weight excluding hydrogens is 268 g/mol. The molecule has 0 radical (unpaired) electrons. The van der Waals surface area contributed by atoms with E-state index in [0.29, 0.717) is 12.8 Å². The van der Waals surface area contributed by atoms with Crippen molar-refractivity contribution in [3.05, 3.63) is 28.5 Å². The average Bonchev–Trinajstić information content (AvgIpc) is 2.89. The van der Waals surface area contributed by atoms with E-state index in [2.05, 4.69) is 0 Å². The lowest BCUT2D eigenvalue weighted by Gasteiger charge is -2.37. The fourth-order valence-electron chi connectivity index (χ4n) is 2.98. The Morgan fingerprint density at radius 1 is 1.37 bits per heavy atom. The van der Waals surface area contributed by atoms with Crippen LogP contribution in [0.4, 0.5) is 8.78 Å². The Labute approximate surface area is 114 Å². The van der Waals surface area contributed by atoms with E-state index in [1.807, 2.05) is 17.5 Å². The van der Waals surface area contributed by atoms with Gasteiger partial charge in [-0.1, -0.05) is 6.07 Å². The Kier molecular flexibility index (Phi) is 3.17. The second-order valence-electron chi connectivity index (χ2n) is 5.24. The summed E-state index contributed by atoms with van der Waals surface area (Å²) in [5.74, 6) is -4.02. The zero-order valence-electron chi connectivity index (χ0n) is 10.4. The highest BCUT2D eigenvalue weighted by Gasteiger charge is 2.56. The van der Waals surface area contributed by atoms with Crippen molar-refractivity contribution >= 4 is 23.3 Å². The lowest BCUT2D eigenvalue weighted by Crippen LogP contribution is -2.50. The molecule has 19 heavy (non-hydrogen) atoms. The van der Waals surface area contributed by atoms with Crippen molar-refractivity contribution in [1.82, 2.24) is 4.90 Å². The molecule has 1 saturated heterocycles. The van der Waals surface area contributed by atoms with Gasteiger partial charge in [0.2, 0.25) is 5.91 Å². The second kappa shape index (κ2) is 4.71. The van der Waals surface area contributed by atoms with Gasteiger partial charge in [0, 0.05) is 35.9 Å². The van der Waals surface area contributed by atoms with Gasteiger partial charge in [-0.2, -0.15) is 0 Å². The summed E-state index contributed by atoms with van der Waals surface area (Å²) in [6.07, 6.45) is 4.32. The van der Waals surface area contributed by atoms with Gasteiger partial charge in [0.25, 0.3) is 5.92 Å². The van der Waals surface area contributed by atoms with E-state index in [1.165, 1.54) is 6.08 Å². The average molecular weight is 283 g/mol. The highest BCUT2D eigenvalue weighted by atomic mass is 32.1. The summed E-state index contributed by atoms with van der Waals surface area (Å²) in [7, 11) is 0. The molecule has 1 aliphatic heterocycles. The molecule has 1 aromatic rings. The molecule has 0 N–H and O–H groups in total. The molecule has 2 nitrogen and oxygen atoms in total. The minimum absolute atomic E-state index is 0.152. The summed E-state index contributed by atoms with van der Waals surface area (Å²) < 4.78 is 27.5. The third-order valence-electron chi connectivity index (χ3n) is 4.08. The van der Waals surface area contributed by atoms with E-state index >= 15 is 0 Å². The van der Waals surface area contributed by atoms with Crippen LogP contribution in [-0.2, 0) is 4.79 Å². The van der Waals surface area contributed by atoms with Crippen LogP contribution in [0, 0.1) is 11.8 Å². The first kappa shape index (κ1) is 12.8. The van der Waals surface area contributed by atoms with Gasteiger partial charge in [0.1, 0.15) is 0 Å². The van der Waals surface area contributed by atoms with Crippen LogP contribution in [0.2, 0.25) is 0 Å². The maximum atomic E-state index is 13.7. The van der Waals surface area contributed by atoms with Crippen molar-refractivity contribution in [2.24, 2.45) is 11.8 Å². The molecule has 1 aromatic heterocycles. The predicted molar refractivity (Wildman–Crippen MR) is 71.1 cm³/mol. The monoisotopic (exact) mass is 283 g/mol. The van der Waals surface area contributed by atoms with Crippen molar-refractivity contribution < 1.29 is 13.6 Å². The minimum atomic E-state index is -2.58. The number of amides is 1. The van der Waals surface area contributed by atoms with Crippen molar-refractivity contribution in [2.45, 2.75) is 18.8 Å². The Morgan fingerprint density at radius 3 is 2.63 bits per heavy atom. The smallest absolute Gasteiger partial charge is 0.257 e. The zero-order chi connectivity index (χ0) is 13.5. The van der Waals surface area contributed by atoms with Crippen LogP contribution >= 0.6 is 11.3 Å². The second-order valence-corrected chi connectivity index (χ2v) is 6.22. The van der Waals surface area contributed by atoms with Crippen LogP contribution in [0.15, 0.2) is 23.6 Å². The first-order valence-electron chi connectivity index (χ1n) is 6.45. The molecule has 2 unspecified atom stereocenters. The fourth-order valence-corrected chi connectivity index (χ4v) is 3.60. The van der Waals surface area contributed by atoms with E-state index < -0.39 is 17.8 Å². The molecule has 2 heterocycles. The third kappa shape index (κ3) is 2.31. The summed E-state index contributed by atoms with van der Waals surface area (Å²) >= 11 is 1.55. The summed E-state index contributed by atoms with van der Waals surface area (Å²) in [5, 5.41) is 1.94. The summed E-state index contributed by atoms with van der Waals surface area (Å²) in [5.41, 5.74) is 0. The molecule has 1 aliphatic carbocycles. The van der Waals surface area contributed by atoms with E-state index in [-0.39, 0.29) is 19.0 Å². The highest BCUT2D eigenvalue weighted by molar-refractivity contribution is 7.10. The molecular formula is C14H15F2NOS. The van der Waals surface area contributed by atoms with Crippen molar-refractivity contribution in [2.75, 3.05) is 13.1 Å². The van der Waals surface area contributed by atoms with Crippen LogP contribution in [0.1, 0.15) is 17.7 Å². The van der Waals surface area contributed by atoms with Gasteiger partial charge >= 0.3 is 0 Å². The SMILES string of the molecule is O=C(/C=C/c1cccs1)N1CC2CCC(C1)C2(F)F. The Bertz CT molecular complexity index is 482. The van der Waals surface area contributed by atoms with E-state index in [0.717, 1.165) is 4.88 Å². The van der Waals surface area contributed by atoms with Gasteiger partial charge in [-0.05, 0) is 30.4 Å². The number of carbonyl (C=O) groups excluding carboxylic acids is 1. The third-order valence-corrected chi connectivity index (χ3v) is 4.92. The molecule has 2 atom stereocenters. The summed E-state index contributed by atoms with van der Waals surface area (Å²) in [4.78, 5) is 14.6. The number of hydrogen-bond acceptors (Lipinski definition) is 2. The molecule has 1 amide bonds. The molecule has 5 heteroatoms. The zero-order valence-corrected chi connectivity index (χ0v) is 11.2. The van der Waals surface area contributed by atoms with Gasteiger partial charge in [0.15, 0.2) is 0 Å². The van der Waals surface area contributed by atoms with Crippen LogP contribution in [0.5, 0.6) is 0 Å². The number of likely N-dealkylation sites (tertiary alicyclic amines) is 1. The van der Waals surface area contributed by atoms with Crippen LogP contribution in [0.25, 0.3) is 6.08 Å². The quantitative estimate of drug-likeness (QED) is 0.763. The maximum Gasteiger partial charge on any atom is 0.257 e. The molecule has 1 saturated carbocycles. The summed E-state index contributed by atoms with van der Waals surface area (Å²) in [6, 6.07) is 3.83. The van der Waals surface area contributed by atoms with Crippen molar-refractivity contribution in [3.8, 4) is 0 Å². The number of thiophene rings is 1. The molecule has 102 valence electrons. The Balaban J connectivity index is 1.67. The lowest BCUT2D eigenvalue weighted by molar-refractivity contribution is -0.144. The molecule has 3 rings (SSSR count). The highest BCUT2D eigenvalue weighted by Crippen LogP contribution is 2.48. The first-order chi connectivity index (χ1) is 9.07. The number of fused-ring (bicyclic) bond motifs is 2. The van der Waals surface area contributed by atoms with Crippen LogP contribution in [0.3, 0.4) is 0 Å². The van der Waals surface area contributed by atoms with Crippen molar-refractivity contribution in [1.29, 1.82) is 0 Å². The number of carbonyl (C=O) groups is 1. The summed E-state index contributed by atoms with van der Waals surface area (Å²) in [6.45, 7) is 0.383. The molecule has 2 bridgehead atoms. The van der Waals surface area contributed by atoms with Gasteiger partial charge in [-0.15, -0.1) is 11.3 Å². The molecule has 0 spiro atoms. The molecule has 2 aliphatic rings. The van der Waals surface area contributed by atoms with Crippen LogP contribution in [-0.4, -0.2) is 29.8 Å². The number of nitrogens with zero attached hydrogens (tertiary/aromatic N) is 1. The van der Waals surface area contributed by atoms with E-state index in [4.69, 9.17) is 0 Å². The number of halogens is 2. The fraction of sp³-hybridized carbons (Fsp3) is 0.500. The topological polar surface area (TPSA) is 20.3 Å². The van der Waals surface area contributed by atoms with Gasteiger partial charge in [0.05, 0.1) is 0 Å². The van der Waals surface area contributed by atoms with Gasteiger partial charge < -0.3 is 4.90 Å². The minimum Gasteiger partial charge on any atom is -0.338 e. The van der Waals surface area contributed by atoms with Crippen molar-refractivity contribution in [3.63, 3.8) is 0 Å². The maximum absolute atomic E-state index is 13.7. The number of hydrogen-bond donors (Lipinski definition) is 0. The Hall–Kier alpha value is -1.23. The predicted octanol–water partition coefficient (Wildman–Crippen LogP) is 3.27. The normalized spacial score (nSPS) is 29.1. The van der Waals surface area contributed by atoms with Gasteiger partial charge in [-0.3, -0.25) is 4.79 Å². The van der Waals surface area contributed by atoms with E-state index in [1.54, 1.807) is 22.3 Å². The lowest BCUT2D eigenvalue weighted by atomic mass is 9.94. The number of piperidine rings is 1. The number of rotatable bonds is 2.